The predicted molar refractivity (Wildman–Crippen MR) is 111 cm³/mol. The average molecular weight is 414 g/mol. The van der Waals surface area contributed by atoms with Crippen LogP contribution in [-0.2, 0) is 17.1 Å². The quantitative estimate of drug-likeness (QED) is 0.668. The van der Waals surface area contributed by atoms with E-state index in [2.05, 4.69) is 20.1 Å². The van der Waals surface area contributed by atoms with Crippen LogP contribution in [0.4, 0.5) is 5.69 Å². The summed E-state index contributed by atoms with van der Waals surface area (Å²) >= 11 is 1.77. The number of rotatable bonds is 5. The molecule has 0 radical (unpaired) electrons. The molecule has 1 aliphatic heterocycles. The number of para-hydroxylation sites is 1. The fourth-order valence-electron chi connectivity index (χ4n) is 3.33. The fourth-order valence-corrected chi connectivity index (χ4v) is 5.60. The van der Waals surface area contributed by atoms with E-state index in [4.69, 9.17) is 0 Å². The van der Waals surface area contributed by atoms with Crippen LogP contribution in [0.15, 0.2) is 53.8 Å². The Balaban J connectivity index is 1.38. The van der Waals surface area contributed by atoms with E-state index in [1.807, 2.05) is 12.3 Å². The highest BCUT2D eigenvalue weighted by Gasteiger charge is 2.34. The molecule has 3 heterocycles. The van der Waals surface area contributed by atoms with Gasteiger partial charge in [-0.25, -0.2) is 8.42 Å². The van der Waals surface area contributed by atoms with Gasteiger partial charge >= 0.3 is 0 Å². The van der Waals surface area contributed by atoms with Gasteiger partial charge in [0, 0.05) is 24.8 Å². The number of hydrogen-bond acceptors (Lipinski definition) is 6. The molecule has 1 aromatic carbocycles. The zero-order chi connectivity index (χ0) is 19.3. The highest BCUT2D eigenvalue weighted by molar-refractivity contribution is 8.09. The molecule has 28 heavy (non-hydrogen) atoms. The number of pyridine rings is 1. The topological polar surface area (TPSA) is 88.9 Å². The van der Waals surface area contributed by atoms with Gasteiger partial charge in [0.25, 0.3) is 10.0 Å². The zero-order valence-corrected chi connectivity index (χ0v) is 16.8. The first kappa shape index (κ1) is 17.6. The number of aryl methyl sites for hydroxylation is 1. The predicted octanol–water partition coefficient (Wildman–Crippen LogP) is 3.14. The summed E-state index contributed by atoms with van der Waals surface area (Å²) in [7, 11) is -1.97. The SMILES string of the molecule is Cn1ncc2cccc(NS(=O)(=O)c3ccc(C4=CNC(C5CC5)S4)nc3)c21. The van der Waals surface area contributed by atoms with Gasteiger partial charge in [0.2, 0.25) is 0 Å². The molecule has 2 N–H and O–H groups in total. The number of sulfonamides is 1. The van der Waals surface area contributed by atoms with Gasteiger partial charge in [-0.3, -0.25) is 14.4 Å². The van der Waals surface area contributed by atoms with Crippen molar-refractivity contribution < 1.29 is 8.42 Å². The van der Waals surface area contributed by atoms with Gasteiger partial charge < -0.3 is 5.32 Å². The summed E-state index contributed by atoms with van der Waals surface area (Å²) in [5.41, 5.74) is 2.01. The number of anilines is 1. The lowest BCUT2D eigenvalue weighted by molar-refractivity contribution is 0.601. The summed E-state index contributed by atoms with van der Waals surface area (Å²) in [6.07, 6.45) is 7.63. The third kappa shape index (κ3) is 3.14. The Bertz CT molecular complexity index is 1180. The van der Waals surface area contributed by atoms with Crippen LogP contribution in [0.5, 0.6) is 0 Å². The van der Waals surface area contributed by atoms with Gasteiger partial charge in [-0.2, -0.15) is 5.10 Å². The maximum atomic E-state index is 12.8. The van der Waals surface area contributed by atoms with E-state index in [0.717, 1.165) is 27.4 Å². The third-order valence-electron chi connectivity index (χ3n) is 4.99. The van der Waals surface area contributed by atoms with Gasteiger partial charge in [0.1, 0.15) is 4.90 Å². The maximum absolute atomic E-state index is 12.8. The monoisotopic (exact) mass is 413 g/mol. The van der Waals surface area contributed by atoms with Gasteiger partial charge in [0.05, 0.1) is 33.4 Å². The summed E-state index contributed by atoms with van der Waals surface area (Å²) in [6.45, 7) is 0. The van der Waals surface area contributed by atoms with Crippen LogP contribution in [0, 0.1) is 5.92 Å². The van der Waals surface area contributed by atoms with Crippen LogP contribution in [0.2, 0.25) is 0 Å². The molecule has 5 rings (SSSR count). The van der Waals surface area contributed by atoms with Gasteiger partial charge in [-0.05, 0) is 37.0 Å². The largest absolute Gasteiger partial charge is 0.378 e. The second-order valence-electron chi connectivity index (χ2n) is 7.05. The zero-order valence-electron chi connectivity index (χ0n) is 15.2. The minimum atomic E-state index is -3.75. The lowest BCUT2D eigenvalue weighted by atomic mass is 10.2. The first-order valence-electron chi connectivity index (χ1n) is 9.04. The average Bonchev–Trinajstić information content (AvgIpc) is 3.29. The van der Waals surface area contributed by atoms with Gasteiger partial charge in [-0.15, -0.1) is 0 Å². The Kier molecular flexibility index (Phi) is 4.09. The minimum Gasteiger partial charge on any atom is -0.378 e. The summed E-state index contributed by atoms with van der Waals surface area (Å²) in [5, 5.41) is 8.87. The Morgan fingerprint density at radius 1 is 1.21 bits per heavy atom. The number of thioether (sulfide) groups is 1. The van der Waals surface area contributed by atoms with Gasteiger partial charge in [0.15, 0.2) is 0 Å². The Labute approximate surface area is 167 Å². The van der Waals surface area contributed by atoms with Crippen LogP contribution in [0.3, 0.4) is 0 Å². The van der Waals surface area contributed by atoms with E-state index in [9.17, 15) is 8.42 Å². The summed E-state index contributed by atoms with van der Waals surface area (Å²) < 4.78 is 30.0. The van der Waals surface area contributed by atoms with E-state index >= 15 is 0 Å². The number of nitrogens with zero attached hydrogens (tertiary/aromatic N) is 3. The smallest absolute Gasteiger partial charge is 0.263 e. The molecule has 0 amide bonds. The van der Waals surface area contributed by atoms with Crippen LogP contribution in [0.1, 0.15) is 18.5 Å². The molecule has 2 aliphatic rings. The number of fused-ring (bicyclic) bond motifs is 1. The first-order valence-corrected chi connectivity index (χ1v) is 11.4. The molecule has 0 bridgehead atoms. The standard InChI is InChI=1S/C19H19N5O2S2/c1-24-18-13(9-22-24)3-2-4-16(18)23-28(25,26)14-7-8-15(20-10-14)17-11-21-19(27-17)12-5-6-12/h2-4,7-12,19,21,23H,5-6H2,1H3. The van der Waals surface area contributed by atoms with E-state index in [-0.39, 0.29) is 4.90 Å². The van der Waals surface area contributed by atoms with Crippen molar-refractivity contribution >= 4 is 43.3 Å². The van der Waals surface area contributed by atoms with Crippen molar-refractivity contribution in [2.24, 2.45) is 13.0 Å². The summed E-state index contributed by atoms with van der Waals surface area (Å²) in [4.78, 5) is 5.57. The third-order valence-corrected chi connectivity index (χ3v) is 7.69. The molecular formula is C19H19N5O2S2. The van der Waals surface area contributed by atoms with Crippen LogP contribution >= 0.6 is 11.8 Å². The van der Waals surface area contributed by atoms with E-state index < -0.39 is 10.0 Å². The van der Waals surface area contributed by atoms with Crippen LogP contribution in [0.25, 0.3) is 15.8 Å². The van der Waals surface area contributed by atoms with Crippen molar-refractivity contribution in [3.63, 3.8) is 0 Å². The highest BCUT2D eigenvalue weighted by atomic mass is 32.2. The number of hydrogen-bond donors (Lipinski definition) is 2. The summed E-state index contributed by atoms with van der Waals surface area (Å²) in [5.74, 6) is 0.734. The Hall–Kier alpha value is -2.52. The molecule has 1 fully saturated rings. The second kappa shape index (κ2) is 6.52. The highest BCUT2D eigenvalue weighted by Crippen LogP contribution is 2.45. The lowest BCUT2D eigenvalue weighted by Crippen LogP contribution is -2.17. The molecule has 1 aliphatic carbocycles. The van der Waals surface area contributed by atoms with E-state index in [1.165, 1.54) is 19.0 Å². The Morgan fingerprint density at radius 2 is 2.07 bits per heavy atom. The normalized spacial score (nSPS) is 19.5. The minimum absolute atomic E-state index is 0.130. The number of aromatic nitrogens is 3. The van der Waals surface area contributed by atoms with Crippen molar-refractivity contribution in [3.8, 4) is 0 Å². The molecule has 7 nitrogen and oxygen atoms in total. The van der Waals surface area contributed by atoms with E-state index in [1.54, 1.807) is 54.0 Å². The van der Waals surface area contributed by atoms with Crippen molar-refractivity contribution in [3.05, 3.63) is 54.6 Å². The van der Waals surface area contributed by atoms with Crippen molar-refractivity contribution in [2.75, 3.05) is 4.72 Å². The lowest BCUT2D eigenvalue weighted by Gasteiger charge is -2.11. The molecule has 0 saturated heterocycles. The summed E-state index contributed by atoms with van der Waals surface area (Å²) in [6, 6.07) is 8.78. The Morgan fingerprint density at radius 3 is 2.82 bits per heavy atom. The molecule has 1 unspecified atom stereocenters. The van der Waals surface area contributed by atoms with Crippen LogP contribution < -0.4 is 10.0 Å². The maximum Gasteiger partial charge on any atom is 0.263 e. The van der Waals surface area contributed by atoms with E-state index in [0.29, 0.717) is 11.1 Å². The number of nitrogens with one attached hydrogen (secondary N) is 2. The molecule has 1 atom stereocenters. The molecular weight excluding hydrogens is 394 g/mol. The molecule has 9 heteroatoms. The van der Waals surface area contributed by atoms with Crippen molar-refractivity contribution in [1.29, 1.82) is 0 Å². The fraction of sp³-hybridized carbons (Fsp3) is 0.263. The van der Waals surface area contributed by atoms with Crippen LogP contribution in [-0.4, -0.2) is 28.6 Å². The molecule has 3 aromatic rings. The van der Waals surface area contributed by atoms with Crippen molar-refractivity contribution in [2.45, 2.75) is 23.1 Å². The van der Waals surface area contributed by atoms with Gasteiger partial charge in [-0.1, -0.05) is 23.9 Å². The molecule has 1 saturated carbocycles. The molecule has 0 spiro atoms. The molecule has 144 valence electrons. The second-order valence-corrected chi connectivity index (χ2v) is 9.91. The number of benzene rings is 1. The first-order chi connectivity index (χ1) is 13.5. The van der Waals surface area contributed by atoms with Crippen molar-refractivity contribution in [1.82, 2.24) is 20.1 Å². The molecule has 2 aromatic heterocycles.